The van der Waals surface area contributed by atoms with Crippen molar-refractivity contribution in [2.75, 3.05) is 0 Å². The second kappa shape index (κ2) is 4.59. The summed E-state index contributed by atoms with van der Waals surface area (Å²) in [7, 11) is 0. The Kier molecular flexibility index (Phi) is 2.91. The van der Waals surface area contributed by atoms with E-state index in [1.54, 1.807) is 19.1 Å². The molecule has 0 aliphatic rings. The topological polar surface area (TPSA) is 25.8 Å². The minimum atomic E-state index is -0.249. The third-order valence-corrected chi connectivity index (χ3v) is 3.23. The summed E-state index contributed by atoms with van der Waals surface area (Å²) >= 11 is 6.14. The van der Waals surface area contributed by atoms with Crippen LogP contribution in [0.1, 0.15) is 5.82 Å². The average Bonchev–Trinajstić information content (AvgIpc) is 2.39. The molecule has 3 aromatic rings. The van der Waals surface area contributed by atoms with Crippen molar-refractivity contribution in [3.63, 3.8) is 0 Å². The van der Waals surface area contributed by atoms with E-state index < -0.39 is 0 Å². The molecule has 0 aliphatic heterocycles. The Bertz CT molecular complexity index is 754. The fraction of sp³-hybridized carbons (Fsp3) is 0.0667. The van der Waals surface area contributed by atoms with E-state index in [0.29, 0.717) is 11.0 Å². The average molecular weight is 273 g/mol. The van der Waals surface area contributed by atoms with Crippen LogP contribution in [0.5, 0.6) is 0 Å². The lowest BCUT2D eigenvalue weighted by Crippen LogP contribution is -1.90. The van der Waals surface area contributed by atoms with Gasteiger partial charge in [0.2, 0.25) is 0 Å². The van der Waals surface area contributed by atoms with Crippen molar-refractivity contribution in [1.29, 1.82) is 0 Å². The zero-order valence-electron chi connectivity index (χ0n) is 10.2. The van der Waals surface area contributed by atoms with Gasteiger partial charge in [-0.2, -0.15) is 0 Å². The molecule has 2 aromatic carbocycles. The molecular weight excluding hydrogens is 263 g/mol. The first kappa shape index (κ1) is 12.1. The lowest BCUT2D eigenvalue weighted by Gasteiger charge is -2.05. The third kappa shape index (κ3) is 2.29. The molecule has 0 amide bonds. The number of hydrogen-bond acceptors (Lipinski definition) is 2. The van der Waals surface area contributed by atoms with Gasteiger partial charge >= 0.3 is 0 Å². The maximum Gasteiger partial charge on any atom is 0.140 e. The van der Waals surface area contributed by atoms with Gasteiger partial charge in [-0.15, -0.1) is 0 Å². The number of fused-ring (bicyclic) bond motifs is 1. The molecular formula is C15H10ClFN2. The lowest BCUT2D eigenvalue weighted by molar-refractivity contribution is 0.628. The summed E-state index contributed by atoms with van der Waals surface area (Å²) in [4.78, 5) is 8.47. The van der Waals surface area contributed by atoms with E-state index in [9.17, 15) is 4.39 Å². The highest BCUT2D eigenvalue weighted by atomic mass is 35.5. The molecule has 0 fully saturated rings. The summed E-state index contributed by atoms with van der Waals surface area (Å²) in [5, 5.41) is 1.24. The monoisotopic (exact) mass is 272 g/mol. The normalized spacial score (nSPS) is 10.9. The summed E-state index contributed by atoms with van der Waals surface area (Å²) < 4.78 is 12.9. The molecule has 0 saturated heterocycles. The molecule has 3 rings (SSSR count). The Morgan fingerprint density at radius 2 is 1.63 bits per heavy atom. The molecule has 0 atom stereocenters. The van der Waals surface area contributed by atoms with Crippen molar-refractivity contribution in [3.8, 4) is 11.1 Å². The summed E-state index contributed by atoms with van der Waals surface area (Å²) in [6.45, 7) is 1.80. The van der Waals surface area contributed by atoms with Gasteiger partial charge in [0, 0.05) is 5.39 Å². The number of halogens is 2. The van der Waals surface area contributed by atoms with Crippen molar-refractivity contribution in [1.82, 2.24) is 9.97 Å². The third-order valence-electron chi connectivity index (χ3n) is 2.94. The zero-order valence-corrected chi connectivity index (χ0v) is 10.9. The minimum absolute atomic E-state index is 0.249. The van der Waals surface area contributed by atoms with Crippen LogP contribution < -0.4 is 0 Å². The fourth-order valence-corrected chi connectivity index (χ4v) is 2.30. The van der Waals surface area contributed by atoms with E-state index in [0.717, 1.165) is 22.0 Å². The summed E-state index contributed by atoms with van der Waals surface area (Å²) in [6.07, 6.45) is 0. The van der Waals surface area contributed by atoms with Crippen molar-refractivity contribution in [2.24, 2.45) is 0 Å². The van der Waals surface area contributed by atoms with Crippen molar-refractivity contribution in [2.45, 2.75) is 6.92 Å². The van der Waals surface area contributed by atoms with E-state index in [1.807, 2.05) is 18.2 Å². The van der Waals surface area contributed by atoms with Gasteiger partial charge in [0.1, 0.15) is 16.8 Å². The fourth-order valence-electron chi connectivity index (χ4n) is 2.02. The van der Waals surface area contributed by atoms with Crippen LogP contribution >= 0.6 is 11.6 Å². The Balaban J connectivity index is 2.19. The van der Waals surface area contributed by atoms with Gasteiger partial charge < -0.3 is 0 Å². The van der Waals surface area contributed by atoms with E-state index >= 15 is 0 Å². The van der Waals surface area contributed by atoms with E-state index in [2.05, 4.69) is 9.97 Å². The number of rotatable bonds is 1. The van der Waals surface area contributed by atoms with Crippen molar-refractivity contribution >= 4 is 22.5 Å². The first-order valence-electron chi connectivity index (χ1n) is 5.83. The minimum Gasteiger partial charge on any atom is -0.233 e. The maximum absolute atomic E-state index is 12.9. The second-order valence-electron chi connectivity index (χ2n) is 4.30. The molecule has 2 nitrogen and oxygen atoms in total. The second-order valence-corrected chi connectivity index (χ2v) is 4.66. The molecule has 0 radical (unpaired) electrons. The van der Waals surface area contributed by atoms with E-state index in [-0.39, 0.29) is 5.82 Å². The van der Waals surface area contributed by atoms with Crippen molar-refractivity contribution < 1.29 is 4.39 Å². The number of aromatic nitrogens is 2. The maximum atomic E-state index is 12.9. The molecule has 0 saturated carbocycles. The van der Waals surface area contributed by atoms with E-state index in [4.69, 9.17) is 11.6 Å². The molecule has 0 bridgehead atoms. The summed E-state index contributed by atoms with van der Waals surface area (Å²) in [5.74, 6) is 0.397. The first-order chi connectivity index (χ1) is 9.13. The Hall–Kier alpha value is -2.00. The standard InChI is InChI=1S/C15H10ClFN2/c1-9-18-14-7-4-11(8-13(14)15(16)19-9)10-2-5-12(17)6-3-10/h2-8H,1H3. The van der Waals surface area contributed by atoms with E-state index in [1.165, 1.54) is 12.1 Å². The number of nitrogens with zero attached hydrogens (tertiary/aromatic N) is 2. The quantitative estimate of drug-likeness (QED) is 0.614. The van der Waals surface area contributed by atoms with Gasteiger partial charge in [0.15, 0.2) is 0 Å². The van der Waals surface area contributed by atoms with Gasteiger partial charge in [0.25, 0.3) is 0 Å². The SMILES string of the molecule is Cc1nc(Cl)c2cc(-c3ccc(F)cc3)ccc2n1. The first-order valence-corrected chi connectivity index (χ1v) is 6.21. The van der Waals surface area contributed by atoms with Crippen LogP contribution in [-0.2, 0) is 0 Å². The molecule has 4 heteroatoms. The Morgan fingerprint density at radius 1 is 0.947 bits per heavy atom. The smallest absolute Gasteiger partial charge is 0.140 e. The molecule has 1 heterocycles. The predicted molar refractivity (Wildman–Crippen MR) is 74.7 cm³/mol. The number of hydrogen-bond donors (Lipinski definition) is 0. The predicted octanol–water partition coefficient (Wildman–Crippen LogP) is 4.40. The molecule has 1 aromatic heterocycles. The van der Waals surface area contributed by atoms with Crippen LogP contribution in [-0.4, -0.2) is 9.97 Å². The molecule has 0 N–H and O–H groups in total. The highest BCUT2D eigenvalue weighted by molar-refractivity contribution is 6.34. The van der Waals surface area contributed by atoms with Gasteiger partial charge in [0.05, 0.1) is 5.52 Å². The van der Waals surface area contributed by atoms with Gasteiger partial charge in [-0.3, -0.25) is 0 Å². The summed E-state index contributed by atoms with van der Waals surface area (Å²) in [6, 6.07) is 12.1. The molecule has 0 unspecified atom stereocenters. The zero-order chi connectivity index (χ0) is 13.4. The van der Waals surface area contributed by atoms with Crippen LogP contribution in [0, 0.1) is 12.7 Å². The lowest BCUT2D eigenvalue weighted by atomic mass is 10.0. The number of aryl methyl sites for hydroxylation is 1. The van der Waals surface area contributed by atoms with Gasteiger partial charge in [-0.05, 0) is 42.3 Å². The Labute approximate surface area is 114 Å². The highest BCUT2D eigenvalue weighted by Gasteiger charge is 2.06. The van der Waals surface area contributed by atoms with Crippen LogP contribution in [0.25, 0.3) is 22.0 Å². The van der Waals surface area contributed by atoms with Gasteiger partial charge in [-0.1, -0.05) is 29.8 Å². The largest absolute Gasteiger partial charge is 0.233 e. The van der Waals surface area contributed by atoms with Crippen LogP contribution in [0.15, 0.2) is 42.5 Å². The summed E-state index contributed by atoms with van der Waals surface area (Å²) in [5.41, 5.74) is 2.70. The molecule has 94 valence electrons. The molecule has 19 heavy (non-hydrogen) atoms. The molecule has 0 aliphatic carbocycles. The number of benzene rings is 2. The van der Waals surface area contributed by atoms with Gasteiger partial charge in [-0.25, -0.2) is 14.4 Å². The van der Waals surface area contributed by atoms with Crippen LogP contribution in [0.2, 0.25) is 5.15 Å². The van der Waals surface area contributed by atoms with Crippen LogP contribution in [0.4, 0.5) is 4.39 Å². The highest BCUT2D eigenvalue weighted by Crippen LogP contribution is 2.27. The van der Waals surface area contributed by atoms with Crippen molar-refractivity contribution in [3.05, 3.63) is 59.3 Å². The Morgan fingerprint density at radius 3 is 2.37 bits per heavy atom. The van der Waals surface area contributed by atoms with Crippen LogP contribution in [0.3, 0.4) is 0 Å². The molecule has 0 spiro atoms.